The third-order valence-electron chi connectivity index (χ3n) is 3.94. The van der Waals surface area contributed by atoms with Gasteiger partial charge >= 0.3 is 0 Å². The van der Waals surface area contributed by atoms with Gasteiger partial charge < -0.3 is 0 Å². The number of fused-ring (bicyclic) bond motifs is 1. The van der Waals surface area contributed by atoms with Crippen molar-refractivity contribution >= 4 is 0 Å². The second-order valence-electron chi connectivity index (χ2n) is 6.29. The van der Waals surface area contributed by atoms with Gasteiger partial charge in [-0.15, -0.1) is 0 Å². The van der Waals surface area contributed by atoms with E-state index in [9.17, 15) is 0 Å². The van der Waals surface area contributed by atoms with Crippen molar-refractivity contribution in [3.05, 3.63) is 0 Å². The highest BCUT2D eigenvalue weighted by atomic mass is 14.4. The summed E-state index contributed by atoms with van der Waals surface area (Å²) in [5.74, 6) is 1.84. The molecular formula is C14H26. The second kappa shape index (κ2) is 3.87. The van der Waals surface area contributed by atoms with Crippen LogP contribution in [0.1, 0.15) is 68.4 Å². The molecule has 2 aliphatic rings. The lowest BCUT2D eigenvalue weighted by Gasteiger charge is -2.37. The molecule has 0 radical (unpaired) electrons. The molecule has 0 heteroatoms. The second-order valence-corrected chi connectivity index (χ2v) is 6.29. The van der Waals surface area contributed by atoms with E-state index < -0.39 is 6.37 Å². The van der Waals surface area contributed by atoms with Gasteiger partial charge in [-0.3, -0.25) is 0 Å². The lowest BCUT2D eigenvalue weighted by molar-refractivity contribution is 0.133. The van der Waals surface area contributed by atoms with E-state index in [4.69, 9.17) is 2.74 Å². The fraction of sp³-hybridized carbons (Fsp3) is 1.00. The molecule has 0 amide bonds. The summed E-state index contributed by atoms with van der Waals surface area (Å²) in [6.07, 6.45) is 6.72. The first-order valence-corrected chi connectivity index (χ1v) is 6.34. The van der Waals surface area contributed by atoms with Crippen molar-refractivity contribution in [2.75, 3.05) is 0 Å². The molecule has 0 bridgehead atoms. The molecule has 2 saturated carbocycles. The minimum atomic E-state index is -0.999. The SMILES string of the molecule is [2H]C([2H])(C1CCCC2CCCC21)C(C)(C)C. The Bertz CT molecular complexity index is 252. The lowest BCUT2D eigenvalue weighted by Crippen LogP contribution is -2.27. The van der Waals surface area contributed by atoms with Crippen LogP contribution in [-0.4, -0.2) is 0 Å². The molecule has 0 nitrogen and oxygen atoms in total. The van der Waals surface area contributed by atoms with Crippen LogP contribution in [-0.2, 0) is 0 Å². The normalized spacial score (nSPS) is 41.5. The van der Waals surface area contributed by atoms with Crippen LogP contribution >= 0.6 is 0 Å². The summed E-state index contributed by atoms with van der Waals surface area (Å²) < 4.78 is 17.0. The molecule has 0 aromatic heterocycles. The molecule has 0 N–H and O–H groups in total. The van der Waals surface area contributed by atoms with E-state index in [1.54, 1.807) is 0 Å². The van der Waals surface area contributed by atoms with Crippen LogP contribution in [0, 0.1) is 23.2 Å². The first-order chi connectivity index (χ1) is 7.34. The number of hydrogen-bond acceptors (Lipinski definition) is 0. The van der Waals surface area contributed by atoms with Crippen LogP contribution < -0.4 is 0 Å². The van der Waals surface area contributed by atoms with E-state index in [0.29, 0.717) is 11.8 Å². The third-order valence-corrected chi connectivity index (χ3v) is 3.94. The first-order valence-electron chi connectivity index (χ1n) is 7.34. The maximum atomic E-state index is 8.49. The van der Waals surface area contributed by atoms with Crippen LogP contribution in [0.5, 0.6) is 0 Å². The quantitative estimate of drug-likeness (QED) is 0.573. The fourth-order valence-electron chi connectivity index (χ4n) is 3.50. The highest BCUT2D eigenvalue weighted by Gasteiger charge is 2.37. The maximum absolute atomic E-state index is 8.49. The molecule has 2 rings (SSSR count). The average Bonchev–Trinajstić information content (AvgIpc) is 2.62. The molecule has 82 valence electrons. The first kappa shape index (κ1) is 8.19. The largest absolute Gasteiger partial charge is 0.0602 e. The summed E-state index contributed by atoms with van der Waals surface area (Å²) in [7, 11) is 0. The number of rotatable bonds is 1. The predicted molar refractivity (Wildman–Crippen MR) is 62.2 cm³/mol. The molecule has 2 aliphatic carbocycles. The highest BCUT2D eigenvalue weighted by Crippen LogP contribution is 2.48. The van der Waals surface area contributed by atoms with Crippen molar-refractivity contribution in [1.29, 1.82) is 0 Å². The predicted octanol–water partition coefficient (Wildman–Crippen LogP) is 4.64. The molecule has 14 heavy (non-hydrogen) atoms. The molecule has 0 aromatic carbocycles. The minimum Gasteiger partial charge on any atom is -0.0602 e. The maximum Gasteiger partial charge on any atom is 0.0275 e. The molecule has 0 aliphatic heterocycles. The van der Waals surface area contributed by atoms with Gasteiger partial charge in [0, 0.05) is 2.74 Å². The molecule has 0 saturated heterocycles. The zero-order valence-corrected chi connectivity index (χ0v) is 9.97. The van der Waals surface area contributed by atoms with E-state index in [2.05, 4.69) is 20.8 Å². The van der Waals surface area contributed by atoms with Gasteiger partial charge in [-0.25, -0.2) is 0 Å². The minimum absolute atomic E-state index is 0.220. The van der Waals surface area contributed by atoms with Crippen molar-refractivity contribution in [3.8, 4) is 0 Å². The van der Waals surface area contributed by atoms with E-state index >= 15 is 0 Å². The Labute approximate surface area is 92.3 Å². The Hall–Kier alpha value is 0. The van der Waals surface area contributed by atoms with E-state index in [1.807, 2.05) is 0 Å². The monoisotopic (exact) mass is 196 g/mol. The Balaban J connectivity index is 2.19. The van der Waals surface area contributed by atoms with E-state index in [1.165, 1.54) is 32.1 Å². The summed E-state index contributed by atoms with van der Waals surface area (Å²) in [6, 6.07) is 0. The molecule has 0 heterocycles. The van der Waals surface area contributed by atoms with Gasteiger partial charge in [0.2, 0.25) is 0 Å². The van der Waals surface area contributed by atoms with Gasteiger partial charge in [0.15, 0.2) is 0 Å². The Kier molecular flexibility index (Phi) is 2.26. The molecule has 0 spiro atoms. The van der Waals surface area contributed by atoms with Gasteiger partial charge in [0.1, 0.15) is 0 Å². The van der Waals surface area contributed by atoms with Crippen LogP contribution in [0.25, 0.3) is 0 Å². The summed E-state index contributed by atoms with van der Waals surface area (Å²) in [6.45, 7) is 6.18. The topological polar surface area (TPSA) is 0 Å². The van der Waals surface area contributed by atoms with Crippen LogP contribution in [0.15, 0.2) is 0 Å². The molecule has 2 fully saturated rings. The van der Waals surface area contributed by atoms with E-state index in [0.717, 1.165) is 12.3 Å². The Morgan fingerprint density at radius 3 is 2.36 bits per heavy atom. The fourth-order valence-corrected chi connectivity index (χ4v) is 3.50. The zero-order valence-electron chi connectivity index (χ0n) is 12.0. The summed E-state index contributed by atoms with van der Waals surface area (Å²) in [5, 5.41) is 0. The van der Waals surface area contributed by atoms with Crippen LogP contribution in [0.4, 0.5) is 0 Å². The van der Waals surface area contributed by atoms with Crippen LogP contribution in [0.3, 0.4) is 0 Å². The lowest BCUT2D eigenvalue weighted by atomic mass is 9.68. The zero-order chi connectivity index (χ0) is 12.0. The average molecular weight is 196 g/mol. The van der Waals surface area contributed by atoms with Gasteiger partial charge in [-0.2, -0.15) is 0 Å². The summed E-state index contributed by atoms with van der Waals surface area (Å²) in [5.41, 5.74) is -0.220. The summed E-state index contributed by atoms with van der Waals surface area (Å²) >= 11 is 0. The van der Waals surface area contributed by atoms with Gasteiger partial charge in [0.05, 0.1) is 0 Å². The molecule has 0 aromatic rings. The Morgan fingerprint density at radius 2 is 1.71 bits per heavy atom. The third kappa shape index (κ3) is 2.32. The van der Waals surface area contributed by atoms with Crippen molar-refractivity contribution in [2.24, 2.45) is 23.2 Å². The highest BCUT2D eigenvalue weighted by molar-refractivity contribution is 4.88. The van der Waals surface area contributed by atoms with Crippen molar-refractivity contribution in [2.45, 2.75) is 65.7 Å². The molecule has 3 atom stereocenters. The van der Waals surface area contributed by atoms with Crippen molar-refractivity contribution in [3.63, 3.8) is 0 Å². The number of hydrogen-bond donors (Lipinski definition) is 0. The van der Waals surface area contributed by atoms with Gasteiger partial charge in [-0.1, -0.05) is 52.9 Å². The van der Waals surface area contributed by atoms with Crippen LogP contribution in [0.2, 0.25) is 0 Å². The Morgan fingerprint density at radius 1 is 1.07 bits per heavy atom. The van der Waals surface area contributed by atoms with Crippen molar-refractivity contribution in [1.82, 2.24) is 0 Å². The van der Waals surface area contributed by atoms with Gasteiger partial charge in [-0.05, 0) is 36.0 Å². The molecule has 3 unspecified atom stereocenters. The smallest absolute Gasteiger partial charge is 0.0275 e. The van der Waals surface area contributed by atoms with Gasteiger partial charge in [0.25, 0.3) is 0 Å². The standard InChI is InChI=1S/C14H26/c1-14(2,3)10-12-8-4-6-11-7-5-9-13(11)12/h11-13H,4-10H2,1-3H3/i10D2. The molecular weight excluding hydrogens is 168 g/mol. The van der Waals surface area contributed by atoms with E-state index in [-0.39, 0.29) is 5.41 Å². The van der Waals surface area contributed by atoms with Crippen molar-refractivity contribution < 1.29 is 2.74 Å². The summed E-state index contributed by atoms with van der Waals surface area (Å²) in [4.78, 5) is 0.